The first kappa shape index (κ1) is 13.2. The van der Waals surface area contributed by atoms with Crippen molar-refractivity contribution in [2.45, 2.75) is 18.7 Å². The number of benzene rings is 2. The Morgan fingerprint density at radius 2 is 1.67 bits per heavy atom. The summed E-state index contributed by atoms with van der Waals surface area (Å²) in [5.74, 6) is 0.415. The van der Waals surface area contributed by atoms with Gasteiger partial charge in [0, 0.05) is 4.90 Å². The van der Waals surface area contributed by atoms with Crippen LogP contribution >= 0.6 is 11.8 Å². The summed E-state index contributed by atoms with van der Waals surface area (Å²) < 4.78 is 0. The van der Waals surface area contributed by atoms with Crippen molar-refractivity contribution in [2.75, 3.05) is 6.26 Å². The van der Waals surface area contributed by atoms with Crippen LogP contribution in [0.1, 0.15) is 11.1 Å². The Balaban J connectivity index is 2.40. The van der Waals surface area contributed by atoms with E-state index in [1.54, 1.807) is 17.8 Å². The Kier molecular flexibility index (Phi) is 4.14. The molecule has 0 aliphatic carbocycles. The van der Waals surface area contributed by atoms with Crippen molar-refractivity contribution < 1.29 is 5.11 Å². The van der Waals surface area contributed by atoms with Crippen molar-refractivity contribution in [3.8, 4) is 5.75 Å². The maximum atomic E-state index is 9.89. The van der Waals surface area contributed by atoms with E-state index in [0.29, 0.717) is 5.75 Å². The third kappa shape index (κ3) is 2.62. The van der Waals surface area contributed by atoms with Crippen molar-refractivity contribution in [3.05, 3.63) is 47.5 Å². The first-order valence-electron chi connectivity index (χ1n) is 6.03. The fourth-order valence-corrected chi connectivity index (χ4v) is 5.22. The first-order chi connectivity index (χ1) is 8.63. The van der Waals surface area contributed by atoms with Crippen molar-refractivity contribution in [2.24, 2.45) is 0 Å². The van der Waals surface area contributed by atoms with Gasteiger partial charge in [-0.2, -0.15) is 0 Å². The van der Waals surface area contributed by atoms with E-state index in [1.165, 1.54) is 21.5 Å². The predicted molar refractivity (Wildman–Crippen MR) is 83.6 cm³/mol. The topological polar surface area (TPSA) is 20.2 Å². The Hall–Kier alpha value is -1.19. The SMILES string of the molecule is CSc1c(O)cccc1[SiH2]c1cccc(C)c1C. The summed E-state index contributed by atoms with van der Waals surface area (Å²) in [6.07, 6.45) is 2.02. The Morgan fingerprint density at radius 3 is 2.39 bits per heavy atom. The van der Waals surface area contributed by atoms with E-state index >= 15 is 0 Å². The van der Waals surface area contributed by atoms with Gasteiger partial charge >= 0.3 is 0 Å². The molecule has 0 radical (unpaired) electrons. The molecular weight excluding hydrogens is 256 g/mol. The summed E-state index contributed by atoms with van der Waals surface area (Å²) in [4.78, 5) is 1.05. The highest BCUT2D eigenvalue weighted by molar-refractivity contribution is 7.99. The lowest BCUT2D eigenvalue weighted by Gasteiger charge is -2.12. The molecule has 0 unspecified atom stereocenters. The molecule has 18 heavy (non-hydrogen) atoms. The van der Waals surface area contributed by atoms with Gasteiger partial charge in [0.25, 0.3) is 0 Å². The number of thioether (sulfide) groups is 1. The van der Waals surface area contributed by atoms with Gasteiger partial charge in [0.15, 0.2) is 0 Å². The van der Waals surface area contributed by atoms with E-state index in [9.17, 15) is 5.11 Å². The van der Waals surface area contributed by atoms with Gasteiger partial charge in [-0.15, -0.1) is 11.8 Å². The quantitative estimate of drug-likeness (QED) is 0.681. The summed E-state index contributed by atoms with van der Waals surface area (Å²) in [5, 5.41) is 12.7. The molecule has 0 atom stereocenters. The summed E-state index contributed by atoms with van der Waals surface area (Å²) in [6, 6.07) is 12.4. The van der Waals surface area contributed by atoms with Gasteiger partial charge in [0.2, 0.25) is 0 Å². The van der Waals surface area contributed by atoms with E-state index in [1.807, 2.05) is 12.3 Å². The predicted octanol–water partition coefficient (Wildman–Crippen LogP) is 1.85. The fourth-order valence-electron chi connectivity index (χ4n) is 2.15. The largest absolute Gasteiger partial charge is 0.507 e. The molecule has 1 nitrogen and oxygen atoms in total. The second-order valence-electron chi connectivity index (χ2n) is 4.51. The monoisotopic (exact) mass is 274 g/mol. The van der Waals surface area contributed by atoms with Crippen LogP contribution in [-0.4, -0.2) is 20.9 Å². The van der Waals surface area contributed by atoms with Crippen LogP contribution in [0.5, 0.6) is 5.75 Å². The third-order valence-corrected chi connectivity index (χ3v) is 6.63. The van der Waals surface area contributed by atoms with Gasteiger partial charge in [-0.1, -0.05) is 35.5 Å². The Labute approximate surface area is 115 Å². The lowest BCUT2D eigenvalue weighted by atomic mass is 10.1. The molecule has 0 saturated heterocycles. The van der Waals surface area contributed by atoms with Gasteiger partial charge in [-0.05, 0) is 42.5 Å². The summed E-state index contributed by atoms with van der Waals surface area (Å²) >= 11 is 1.64. The number of hydrogen-bond donors (Lipinski definition) is 1. The average molecular weight is 274 g/mol. The highest BCUT2D eigenvalue weighted by Crippen LogP contribution is 2.23. The molecule has 2 rings (SSSR count). The number of aryl methyl sites for hydroxylation is 1. The number of phenols is 1. The molecule has 0 amide bonds. The van der Waals surface area contributed by atoms with Crippen LogP contribution in [0, 0.1) is 13.8 Å². The minimum atomic E-state index is -0.527. The maximum absolute atomic E-state index is 9.89. The molecule has 2 aromatic rings. The Morgan fingerprint density at radius 1 is 1.00 bits per heavy atom. The highest BCUT2D eigenvalue weighted by Gasteiger charge is 2.09. The third-order valence-electron chi connectivity index (χ3n) is 3.38. The van der Waals surface area contributed by atoms with Crippen LogP contribution < -0.4 is 10.4 Å². The molecule has 0 aliphatic rings. The molecule has 0 heterocycles. The van der Waals surface area contributed by atoms with Crippen molar-refractivity contribution >= 4 is 31.7 Å². The van der Waals surface area contributed by atoms with Crippen molar-refractivity contribution in [1.29, 1.82) is 0 Å². The van der Waals surface area contributed by atoms with Gasteiger partial charge < -0.3 is 5.11 Å². The van der Waals surface area contributed by atoms with Crippen molar-refractivity contribution in [1.82, 2.24) is 0 Å². The first-order valence-corrected chi connectivity index (χ1v) is 8.67. The van der Waals surface area contributed by atoms with Crippen LogP contribution in [0.3, 0.4) is 0 Å². The number of hydrogen-bond acceptors (Lipinski definition) is 2. The maximum Gasteiger partial charge on any atom is 0.128 e. The standard InChI is InChI=1S/C15H18OSSi/c1-10-6-4-8-13(11(10)2)18-14-9-5-7-12(16)15(14)17-3/h4-9,16H,18H2,1-3H3. The summed E-state index contributed by atoms with van der Waals surface area (Å²) in [5.41, 5.74) is 2.76. The van der Waals surface area contributed by atoms with Crippen LogP contribution in [0.25, 0.3) is 0 Å². The number of aromatic hydroxyl groups is 1. The average Bonchev–Trinajstić information content (AvgIpc) is 2.35. The van der Waals surface area contributed by atoms with Gasteiger partial charge in [0.1, 0.15) is 5.75 Å². The van der Waals surface area contributed by atoms with Gasteiger partial charge in [0.05, 0.1) is 9.52 Å². The van der Waals surface area contributed by atoms with E-state index in [0.717, 1.165) is 4.90 Å². The zero-order valence-electron chi connectivity index (χ0n) is 11.0. The van der Waals surface area contributed by atoms with E-state index in [4.69, 9.17) is 0 Å². The van der Waals surface area contributed by atoms with E-state index in [2.05, 4.69) is 38.1 Å². The summed E-state index contributed by atoms with van der Waals surface area (Å²) in [7, 11) is -0.527. The molecule has 0 fully saturated rings. The minimum Gasteiger partial charge on any atom is -0.507 e. The molecule has 0 saturated carbocycles. The second-order valence-corrected chi connectivity index (χ2v) is 7.20. The number of rotatable bonds is 3. The van der Waals surface area contributed by atoms with E-state index in [-0.39, 0.29) is 0 Å². The normalized spacial score (nSPS) is 11.3. The van der Waals surface area contributed by atoms with Gasteiger partial charge in [-0.25, -0.2) is 0 Å². The molecule has 2 aromatic carbocycles. The molecular formula is C15H18OSSi. The summed E-state index contributed by atoms with van der Waals surface area (Å²) in [6.45, 7) is 4.35. The lowest BCUT2D eigenvalue weighted by Crippen LogP contribution is -2.30. The molecule has 1 N–H and O–H groups in total. The molecule has 0 bridgehead atoms. The zero-order chi connectivity index (χ0) is 13.1. The lowest BCUT2D eigenvalue weighted by molar-refractivity contribution is 0.463. The molecule has 3 heteroatoms. The van der Waals surface area contributed by atoms with Crippen LogP contribution in [0.15, 0.2) is 41.3 Å². The second kappa shape index (κ2) is 5.63. The minimum absolute atomic E-state index is 0.415. The van der Waals surface area contributed by atoms with Crippen LogP contribution in [0.4, 0.5) is 0 Å². The molecule has 0 aliphatic heterocycles. The van der Waals surface area contributed by atoms with Crippen molar-refractivity contribution in [3.63, 3.8) is 0 Å². The molecule has 0 spiro atoms. The smallest absolute Gasteiger partial charge is 0.128 e. The Bertz CT molecular complexity index is 566. The molecule has 94 valence electrons. The van der Waals surface area contributed by atoms with E-state index < -0.39 is 9.52 Å². The molecule has 0 aromatic heterocycles. The van der Waals surface area contributed by atoms with Gasteiger partial charge in [-0.3, -0.25) is 0 Å². The number of phenolic OH excluding ortho intramolecular Hbond substituents is 1. The van der Waals surface area contributed by atoms with Crippen LogP contribution in [-0.2, 0) is 0 Å². The van der Waals surface area contributed by atoms with Crippen LogP contribution in [0.2, 0.25) is 0 Å². The fraction of sp³-hybridized carbons (Fsp3) is 0.200. The zero-order valence-corrected chi connectivity index (χ0v) is 13.3. The highest BCUT2D eigenvalue weighted by atomic mass is 32.2.